The number of aromatic nitrogens is 1. The summed E-state index contributed by atoms with van der Waals surface area (Å²) in [5.74, 6) is 0.643. The number of carbonyl (C=O) groups is 1. The van der Waals surface area contributed by atoms with Gasteiger partial charge in [0.15, 0.2) is 0 Å². The summed E-state index contributed by atoms with van der Waals surface area (Å²) >= 11 is 0. The number of sulfonamides is 1. The quantitative estimate of drug-likeness (QED) is 0.689. The topological polar surface area (TPSA) is 97.8 Å². The summed E-state index contributed by atoms with van der Waals surface area (Å²) in [6.45, 7) is 0.488. The molecule has 0 aliphatic rings. The van der Waals surface area contributed by atoms with E-state index < -0.39 is 10.0 Å². The second-order valence-electron chi connectivity index (χ2n) is 5.82. The van der Waals surface area contributed by atoms with Crippen LogP contribution in [0.2, 0.25) is 0 Å². The number of ether oxygens (including phenoxy) is 2. The van der Waals surface area contributed by atoms with Crippen LogP contribution in [0.5, 0.6) is 11.5 Å². The van der Waals surface area contributed by atoms with E-state index in [9.17, 15) is 13.2 Å². The van der Waals surface area contributed by atoms with E-state index in [1.807, 2.05) is 0 Å². The minimum absolute atomic E-state index is 0.139. The van der Waals surface area contributed by atoms with E-state index in [2.05, 4.69) is 10.3 Å². The lowest BCUT2D eigenvalue weighted by atomic mass is 10.2. The van der Waals surface area contributed by atoms with Crippen molar-refractivity contribution in [2.75, 3.05) is 33.6 Å². The molecule has 0 aliphatic heterocycles. The molecule has 0 spiro atoms. The third-order valence-electron chi connectivity index (χ3n) is 3.81. The first kappa shape index (κ1) is 20.7. The fraction of sp³-hybridized carbons (Fsp3) is 0.333. The highest BCUT2D eigenvalue weighted by molar-refractivity contribution is 7.88. The summed E-state index contributed by atoms with van der Waals surface area (Å²) in [7, 11) is -0.435. The Kier molecular flexibility index (Phi) is 7.14. The zero-order valence-electron chi connectivity index (χ0n) is 15.5. The molecule has 27 heavy (non-hydrogen) atoms. The maximum absolute atomic E-state index is 12.4. The second-order valence-corrected chi connectivity index (χ2v) is 7.80. The molecule has 0 radical (unpaired) electrons. The summed E-state index contributed by atoms with van der Waals surface area (Å²) in [6.07, 6.45) is 4.37. The lowest BCUT2D eigenvalue weighted by molar-refractivity contribution is 0.0950. The highest BCUT2D eigenvalue weighted by Gasteiger charge is 2.17. The molecular formula is C18H23N3O5S. The molecule has 0 atom stereocenters. The Bertz CT molecular complexity index is 850. The molecule has 0 unspecified atom stereocenters. The number of benzene rings is 1. The molecule has 1 aromatic heterocycles. The molecule has 0 aliphatic carbocycles. The highest BCUT2D eigenvalue weighted by Crippen LogP contribution is 2.22. The van der Waals surface area contributed by atoms with E-state index in [0.29, 0.717) is 17.1 Å². The van der Waals surface area contributed by atoms with Crippen LogP contribution < -0.4 is 14.8 Å². The third kappa shape index (κ3) is 6.22. The first-order valence-corrected chi connectivity index (χ1v) is 10.0. The van der Waals surface area contributed by atoms with Crippen LogP contribution >= 0.6 is 0 Å². The lowest BCUT2D eigenvalue weighted by Crippen LogP contribution is -2.37. The van der Waals surface area contributed by atoms with E-state index in [1.165, 1.54) is 18.5 Å². The zero-order chi connectivity index (χ0) is 19.9. The summed E-state index contributed by atoms with van der Waals surface area (Å²) < 4.78 is 35.6. The highest BCUT2D eigenvalue weighted by atomic mass is 32.2. The first-order valence-electron chi connectivity index (χ1n) is 8.19. The summed E-state index contributed by atoms with van der Waals surface area (Å²) in [5.41, 5.74) is 1.14. The zero-order valence-corrected chi connectivity index (χ0v) is 16.3. The van der Waals surface area contributed by atoms with Crippen LogP contribution in [0.3, 0.4) is 0 Å². The van der Waals surface area contributed by atoms with E-state index in [1.54, 1.807) is 42.7 Å². The predicted molar refractivity (Wildman–Crippen MR) is 101 cm³/mol. The van der Waals surface area contributed by atoms with Crippen molar-refractivity contribution in [2.24, 2.45) is 0 Å². The van der Waals surface area contributed by atoms with Crippen LogP contribution in [0.1, 0.15) is 15.9 Å². The van der Waals surface area contributed by atoms with Gasteiger partial charge < -0.3 is 14.8 Å². The van der Waals surface area contributed by atoms with E-state index in [4.69, 9.17) is 9.47 Å². The number of nitrogens with one attached hydrogen (secondary N) is 1. The summed E-state index contributed by atoms with van der Waals surface area (Å²) in [4.78, 5) is 16.4. The Labute approximate surface area is 159 Å². The average molecular weight is 393 g/mol. The second kappa shape index (κ2) is 9.33. The smallest absolute Gasteiger partial charge is 0.251 e. The Balaban J connectivity index is 2.01. The Hall–Kier alpha value is -2.65. The van der Waals surface area contributed by atoms with Crippen molar-refractivity contribution < 1.29 is 22.7 Å². The molecule has 2 rings (SSSR count). The van der Waals surface area contributed by atoms with Gasteiger partial charge in [0, 0.05) is 43.7 Å². The van der Waals surface area contributed by atoms with E-state index >= 15 is 0 Å². The first-order chi connectivity index (χ1) is 12.8. The minimum Gasteiger partial charge on any atom is -0.497 e. The Morgan fingerprint density at radius 2 is 1.85 bits per heavy atom. The average Bonchev–Trinajstić information content (AvgIpc) is 2.66. The van der Waals surface area contributed by atoms with Crippen molar-refractivity contribution in [3.8, 4) is 11.5 Å². The largest absolute Gasteiger partial charge is 0.497 e. The molecule has 1 N–H and O–H groups in total. The van der Waals surface area contributed by atoms with Crippen molar-refractivity contribution in [1.82, 2.24) is 14.6 Å². The Morgan fingerprint density at radius 1 is 1.19 bits per heavy atom. The van der Waals surface area contributed by atoms with Gasteiger partial charge in [0.1, 0.15) is 11.5 Å². The van der Waals surface area contributed by atoms with Gasteiger partial charge in [0.2, 0.25) is 10.0 Å². The van der Waals surface area contributed by atoms with Gasteiger partial charge in [-0.2, -0.15) is 4.31 Å². The normalized spacial score (nSPS) is 11.3. The molecule has 1 amide bonds. The summed E-state index contributed by atoms with van der Waals surface area (Å²) in [6, 6.07) is 8.37. The van der Waals surface area contributed by atoms with Crippen molar-refractivity contribution in [3.63, 3.8) is 0 Å². The number of rotatable bonds is 9. The third-order valence-corrected chi connectivity index (χ3v) is 5.06. The van der Waals surface area contributed by atoms with Crippen molar-refractivity contribution >= 4 is 15.9 Å². The molecule has 9 heteroatoms. The Morgan fingerprint density at radius 3 is 2.37 bits per heavy atom. The van der Waals surface area contributed by atoms with Gasteiger partial charge in [0.05, 0.1) is 20.5 Å². The number of pyridine rings is 1. The maximum Gasteiger partial charge on any atom is 0.251 e. The van der Waals surface area contributed by atoms with Crippen LogP contribution in [0.15, 0.2) is 42.7 Å². The molecule has 8 nitrogen and oxygen atoms in total. The SMILES string of the molecule is COc1cc(OC)cc(C(=O)NCCN(Cc2cccnc2)S(C)(=O)=O)c1. The molecular weight excluding hydrogens is 370 g/mol. The molecule has 146 valence electrons. The van der Waals surface area contributed by atoms with Crippen LogP contribution in [0.4, 0.5) is 0 Å². The van der Waals surface area contributed by atoms with Crippen LogP contribution in [-0.2, 0) is 16.6 Å². The van der Waals surface area contributed by atoms with Crippen LogP contribution in [-0.4, -0.2) is 57.2 Å². The van der Waals surface area contributed by atoms with Gasteiger partial charge in [-0.05, 0) is 23.8 Å². The molecule has 0 fully saturated rings. The minimum atomic E-state index is -3.43. The molecule has 0 saturated carbocycles. The van der Waals surface area contributed by atoms with Crippen molar-refractivity contribution in [2.45, 2.75) is 6.54 Å². The molecule has 2 aromatic rings. The van der Waals surface area contributed by atoms with Crippen LogP contribution in [0.25, 0.3) is 0 Å². The molecule has 0 bridgehead atoms. The molecule has 1 heterocycles. The fourth-order valence-corrected chi connectivity index (χ4v) is 3.20. The van der Waals surface area contributed by atoms with Crippen molar-refractivity contribution in [1.29, 1.82) is 0 Å². The van der Waals surface area contributed by atoms with Gasteiger partial charge >= 0.3 is 0 Å². The lowest BCUT2D eigenvalue weighted by Gasteiger charge is -2.20. The van der Waals surface area contributed by atoms with Gasteiger partial charge in [-0.3, -0.25) is 9.78 Å². The number of methoxy groups -OCH3 is 2. The van der Waals surface area contributed by atoms with E-state index in [0.717, 1.165) is 11.8 Å². The fourth-order valence-electron chi connectivity index (χ4n) is 2.39. The maximum atomic E-state index is 12.4. The number of nitrogens with zero attached hydrogens (tertiary/aromatic N) is 2. The van der Waals surface area contributed by atoms with Gasteiger partial charge in [-0.1, -0.05) is 6.07 Å². The number of carbonyl (C=O) groups excluding carboxylic acids is 1. The number of hydrogen-bond acceptors (Lipinski definition) is 6. The standard InChI is InChI=1S/C18H23N3O5S/c1-25-16-9-15(10-17(11-16)26-2)18(22)20-7-8-21(27(3,23)24)13-14-5-4-6-19-12-14/h4-6,9-12H,7-8,13H2,1-3H3,(H,20,22). The van der Waals surface area contributed by atoms with E-state index in [-0.39, 0.29) is 25.5 Å². The predicted octanol–water partition coefficient (Wildman–Crippen LogP) is 1.29. The molecule has 0 saturated heterocycles. The van der Waals surface area contributed by atoms with Gasteiger partial charge in [0.25, 0.3) is 5.91 Å². The van der Waals surface area contributed by atoms with Gasteiger partial charge in [-0.25, -0.2) is 8.42 Å². The molecule has 1 aromatic carbocycles. The monoisotopic (exact) mass is 393 g/mol. The number of hydrogen-bond donors (Lipinski definition) is 1. The summed E-state index contributed by atoms with van der Waals surface area (Å²) in [5, 5.41) is 2.72. The van der Waals surface area contributed by atoms with Gasteiger partial charge in [-0.15, -0.1) is 0 Å². The van der Waals surface area contributed by atoms with Crippen LogP contribution in [0, 0.1) is 0 Å². The number of amides is 1. The van der Waals surface area contributed by atoms with Crippen molar-refractivity contribution in [3.05, 3.63) is 53.9 Å².